The third kappa shape index (κ3) is 4.47. The Balaban J connectivity index is 2.37. The molecule has 0 aliphatic carbocycles. The van der Waals surface area contributed by atoms with Crippen molar-refractivity contribution in [2.75, 3.05) is 10.1 Å². The molecule has 0 fully saturated rings. The van der Waals surface area contributed by atoms with Crippen molar-refractivity contribution in [3.8, 4) is 0 Å². The van der Waals surface area contributed by atoms with Gasteiger partial charge in [-0.05, 0) is 49.7 Å². The summed E-state index contributed by atoms with van der Waals surface area (Å²) in [6.07, 6.45) is 1.35. The quantitative estimate of drug-likeness (QED) is 0.451. The van der Waals surface area contributed by atoms with Crippen molar-refractivity contribution < 1.29 is 13.2 Å². The van der Waals surface area contributed by atoms with Crippen LogP contribution in [0.4, 0.5) is 5.69 Å². The number of nitrogens with two attached hydrogens (primary N) is 1. The Hall–Kier alpha value is -2.16. The summed E-state index contributed by atoms with van der Waals surface area (Å²) in [5.41, 5.74) is 4.09. The molecule has 25 heavy (non-hydrogen) atoms. The van der Waals surface area contributed by atoms with Gasteiger partial charge in [0.25, 0.3) is 5.91 Å². The maximum atomic E-state index is 12.5. The molecule has 0 spiro atoms. The zero-order chi connectivity index (χ0) is 18.6. The van der Waals surface area contributed by atoms with Crippen LogP contribution in [-0.2, 0) is 16.6 Å². The Bertz CT molecular complexity index is 869. The molecule has 0 saturated carbocycles. The molecule has 9 heteroatoms. The van der Waals surface area contributed by atoms with Gasteiger partial charge in [-0.2, -0.15) is 0 Å². The van der Waals surface area contributed by atoms with Crippen LogP contribution in [-0.4, -0.2) is 25.1 Å². The van der Waals surface area contributed by atoms with E-state index in [1.54, 1.807) is 38.1 Å². The highest BCUT2D eigenvalue weighted by Crippen LogP contribution is 2.26. The summed E-state index contributed by atoms with van der Waals surface area (Å²) in [6, 6.07) is 8.15. The van der Waals surface area contributed by atoms with Crippen LogP contribution in [0.15, 0.2) is 36.5 Å². The number of nitrogens with zero attached hydrogens (tertiary/aromatic N) is 2. The van der Waals surface area contributed by atoms with E-state index in [4.69, 9.17) is 17.4 Å². The molecule has 0 radical (unpaired) electrons. The topological polar surface area (TPSA) is 105 Å². The summed E-state index contributed by atoms with van der Waals surface area (Å²) in [4.78, 5) is 15.6. The van der Waals surface area contributed by atoms with Gasteiger partial charge >= 0.3 is 0 Å². The fourth-order valence-corrected chi connectivity index (χ4v) is 3.37. The van der Waals surface area contributed by atoms with Crippen LogP contribution < -0.4 is 15.6 Å². The zero-order valence-corrected chi connectivity index (χ0v) is 15.4. The first kappa shape index (κ1) is 19.2. The number of aryl methyl sites for hydroxylation is 1. The van der Waals surface area contributed by atoms with E-state index in [0.717, 1.165) is 5.56 Å². The number of sulfonamides is 1. The normalized spacial score (nSPS) is 11.2. The standard InChI is InChI=1S/C16H19ClN4O3S/c1-3-25(23,24)21(14-6-7-15(17)11(2)8-14)10-13-5-4-12(9-19-13)16(22)20-18/h4-9H,3,10,18H2,1-2H3,(H,20,22). The monoisotopic (exact) mass is 382 g/mol. The van der Waals surface area contributed by atoms with Gasteiger partial charge in [-0.15, -0.1) is 0 Å². The van der Waals surface area contributed by atoms with Crippen molar-refractivity contribution in [3.05, 3.63) is 58.4 Å². The van der Waals surface area contributed by atoms with Crippen molar-refractivity contribution in [1.82, 2.24) is 10.4 Å². The van der Waals surface area contributed by atoms with Crippen LogP contribution in [0.1, 0.15) is 28.5 Å². The third-order valence-corrected chi connectivity index (χ3v) is 5.82. The first-order chi connectivity index (χ1) is 11.8. The van der Waals surface area contributed by atoms with Gasteiger partial charge in [0.15, 0.2) is 0 Å². The largest absolute Gasteiger partial charge is 0.290 e. The van der Waals surface area contributed by atoms with Gasteiger partial charge in [-0.1, -0.05) is 11.6 Å². The number of hydrogen-bond acceptors (Lipinski definition) is 5. The SMILES string of the molecule is CCS(=O)(=O)N(Cc1ccc(C(=O)NN)cn1)c1ccc(Cl)c(C)c1. The lowest BCUT2D eigenvalue weighted by molar-refractivity contribution is 0.0953. The summed E-state index contributed by atoms with van der Waals surface area (Å²) < 4.78 is 26.3. The lowest BCUT2D eigenvalue weighted by Crippen LogP contribution is -2.32. The summed E-state index contributed by atoms with van der Waals surface area (Å²) in [5, 5.41) is 0.563. The third-order valence-electron chi connectivity index (χ3n) is 3.65. The summed E-state index contributed by atoms with van der Waals surface area (Å²) in [6.45, 7) is 3.43. The number of pyridine rings is 1. The molecule has 0 bridgehead atoms. The van der Waals surface area contributed by atoms with Gasteiger partial charge in [0.1, 0.15) is 0 Å². The Morgan fingerprint density at radius 2 is 2.04 bits per heavy atom. The van der Waals surface area contributed by atoms with Gasteiger partial charge in [-0.25, -0.2) is 14.3 Å². The molecular weight excluding hydrogens is 364 g/mol. The van der Waals surface area contributed by atoms with Crippen LogP contribution in [0.5, 0.6) is 0 Å². The number of aromatic nitrogens is 1. The Labute approximate surface area is 151 Å². The number of carbonyl (C=O) groups excluding carboxylic acids is 1. The molecule has 134 valence electrons. The molecule has 0 saturated heterocycles. The average Bonchev–Trinajstić information content (AvgIpc) is 2.61. The van der Waals surface area contributed by atoms with E-state index in [9.17, 15) is 13.2 Å². The average molecular weight is 383 g/mol. The minimum atomic E-state index is -3.52. The number of anilines is 1. The Morgan fingerprint density at radius 3 is 2.56 bits per heavy atom. The number of rotatable bonds is 6. The molecule has 3 N–H and O–H groups in total. The summed E-state index contributed by atoms with van der Waals surface area (Å²) in [5.74, 6) is 4.55. The molecule has 1 heterocycles. The minimum Gasteiger partial charge on any atom is -0.290 e. The lowest BCUT2D eigenvalue weighted by Gasteiger charge is -2.24. The number of carbonyl (C=O) groups is 1. The Kier molecular flexibility index (Phi) is 5.99. The van der Waals surface area contributed by atoms with E-state index < -0.39 is 15.9 Å². The molecule has 7 nitrogen and oxygen atoms in total. The highest BCUT2D eigenvalue weighted by molar-refractivity contribution is 7.92. The molecule has 1 amide bonds. The van der Waals surface area contributed by atoms with Crippen molar-refractivity contribution in [3.63, 3.8) is 0 Å². The predicted octanol–water partition coefficient (Wildman–Crippen LogP) is 2.00. The molecular formula is C16H19ClN4O3S. The molecule has 0 aliphatic heterocycles. The van der Waals surface area contributed by atoms with Crippen LogP contribution in [0.25, 0.3) is 0 Å². The second-order valence-corrected chi connectivity index (χ2v) is 7.94. The molecule has 0 aliphatic rings. The molecule has 0 atom stereocenters. The number of hydrazine groups is 1. The maximum absolute atomic E-state index is 12.5. The zero-order valence-electron chi connectivity index (χ0n) is 13.9. The minimum absolute atomic E-state index is 0.0434. The summed E-state index contributed by atoms with van der Waals surface area (Å²) >= 11 is 6.03. The van der Waals surface area contributed by atoms with Gasteiger partial charge in [0, 0.05) is 11.2 Å². The lowest BCUT2D eigenvalue weighted by atomic mass is 10.2. The van der Waals surface area contributed by atoms with E-state index in [-0.39, 0.29) is 12.3 Å². The van der Waals surface area contributed by atoms with E-state index in [2.05, 4.69) is 4.98 Å². The fourth-order valence-electron chi connectivity index (χ4n) is 2.17. The van der Waals surface area contributed by atoms with Crippen LogP contribution in [0.2, 0.25) is 5.02 Å². The number of amides is 1. The maximum Gasteiger partial charge on any atom is 0.266 e. The smallest absolute Gasteiger partial charge is 0.266 e. The number of nitrogens with one attached hydrogen (secondary N) is 1. The van der Waals surface area contributed by atoms with Crippen LogP contribution >= 0.6 is 11.6 Å². The first-order valence-electron chi connectivity index (χ1n) is 7.51. The number of hydrogen-bond donors (Lipinski definition) is 2. The first-order valence-corrected chi connectivity index (χ1v) is 9.49. The van der Waals surface area contributed by atoms with Crippen LogP contribution in [0.3, 0.4) is 0 Å². The molecule has 1 aromatic carbocycles. The predicted molar refractivity (Wildman–Crippen MR) is 97.7 cm³/mol. The second kappa shape index (κ2) is 7.81. The van der Waals surface area contributed by atoms with Gasteiger partial charge in [0.05, 0.1) is 29.2 Å². The highest BCUT2D eigenvalue weighted by atomic mass is 35.5. The van der Waals surface area contributed by atoms with Crippen LogP contribution in [0, 0.1) is 6.92 Å². The second-order valence-electron chi connectivity index (χ2n) is 5.35. The fraction of sp³-hybridized carbons (Fsp3) is 0.250. The molecule has 2 aromatic rings. The van der Waals surface area contributed by atoms with E-state index >= 15 is 0 Å². The van der Waals surface area contributed by atoms with Crippen molar-refractivity contribution in [2.45, 2.75) is 20.4 Å². The van der Waals surface area contributed by atoms with Crippen molar-refractivity contribution in [2.24, 2.45) is 5.84 Å². The van der Waals surface area contributed by atoms with E-state index in [1.165, 1.54) is 16.6 Å². The molecule has 1 aromatic heterocycles. The summed E-state index contributed by atoms with van der Waals surface area (Å²) in [7, 11) is -3.52. The van der Waals surface area contributed by atoms with E-state index in [1.807, 2.05) is 5.43 Å². The van der Waals surface area contributed by atoms with Gasteiger partial charge < -0.3 is 0 Å². The van der Waals surface area contributed by atoms with E-state index in [0.29, 0.717) is 22.0 Å². The molecule has 2 rings (SSSR count). The van der Waals surface area contributed by atoms with Crippen molar-refractivity contribution in [1.29, 1.82) is 0 Å². The highest BCUT2D eigenvalue weighted by Gasteiger charge is 2.22. The number of nitrogen functional groups attached to an aromatic ring is 1. The Morgan fingerprint density at radius 1 is 1.32 bits per heavy atom. The number of halogens is 1. The number of benzene rings is 1. The van der Waals surface area contributed by atoms with Gasteiger partial charge in [-0.3, -0.25) is 19.5 Å². The molecule has 0 unspecified atom stereocenters. The van der Waals surface area contributed by atoms with Gasteiger partial charge in [0.2, 0.25) is 10.0 Å². The van der Waals surface area contributed by atoms with Crippen molar-refractivity contribution >= 4 is 33.2 Å².